The van der Waals surface area contributed by atoms with Crippen LogP contribution in [0.2, 0.25) is 0 Å². The van der Waals surface area contributed by atoms with Gasteiger partial charge in [-0.3, -0.25) is 14.7 Å². The molecule has 1 aromatic carbocycles. The maximum atomic E-state index is 12.1. The number of carbonyl (C=O) groups is 2. The monoisotopic (exact) mass is 301 g/mol. The fraction of sp³-hybridized carbons (Fsp3) is 0.133. The fourth-order valence-corrected chi connectivity index (χ4v) is 1.77. The molecule has 1 amide bonds. The van der Waals surface area contributed by atoms with E-state index in [4.69, 9.17) is 5.11 Å². The Morgan fingerprint density at radius 3 is 2.68 bits per heavy atom. The number of hydrogen-bond donors (Lipinski definition) is 4. The molecule has 0 aliphatic rings. The molecule has 0 bridgehead atoms. The van der Waals surface area contributed by atoms with Gasteiger partial charge in [0, 0.05) is 6.42 Å². The number of aliphatic hydroxyl groups is 1. The van der Waals surface area contributed by atoms with Gasteiger partial charge in [0.1, 0.15) is 18.1 Å². The molecule has 0 spiro atoms. The number of aromatic hydroxyl groups is 1. The Hall–Kier alpha value is -2.93. The molecule has 1 heterocycles. The molecular formula is C15H15N3O4. The number of Topliss-reactive ketones (excluding diaryl/α,β-unsaturated/α-hetero) is 1. The van der Waals surface area contributed by atoms with Crippen molar-refractivity contribution in [3.05, 3.63) is 47.8 Å². The molecule has 22 heavy (non-hydrogen) atoms. The summed E-state index contributed by atoms with van der Waals surface area (Å²) in [5.74, 6) is -0.689. The van der Waals surface area contributed by atoms with Crippen LogP contribution in [0.4, 0.5) is 5.69 Å². The van der Waals surface area contributed by atoms with Crippen LogP contribution in [-0.2, 0) is 4.79 Å². The van der Waals surface area contributed by atoms with Gasteiger partial charge in [-0.1, -0.05) is 24.3 Å². The molecule has 0 saturated heterocycles. The number of aromatic amines is 1. The summed E-state index contributed by atoms with van der Waals surface area (Å²) in [4.78, 5) is 23.2. The number of ketones is 1. The second-order valence-electron chi connectivity index (χ2n) is 4.49. The predicted molar refractivity (Wildman–Crippen MR) is 80.4 cm³/mol. The van der Waals surface area contributed by atoms with Gasteiger partial charge in [0.05, 0.1) is 11.9 Å². The van der Waals surface area contributed by atoms with Gasteiger partial charge < -0.3 is 15.5 Å². The van der Waals surface area contributed by atoms with Crippen molar-refractivity contribution in [3.8, 4) is 5.75 Å². The van der Waals surface area contributed by atoms with Gasteiger partial charge in [-0.05, 0) is 17.7 Å². The number of phenols is 1. The van der Waals surface area contributed by atoms with Gasteiger partial charge in [-0.2, -0.15) is 5.10 Å². The summed E-state index contributed by atoms with van der Waals surface area (Å²) in [5, 5.41) is 26.5. The first-order chi connectivity index (χ1) is 10.6. The van der Waals surface area contributed by atoms with E-state index in [1.165, 1.54) is 6.20 Å². The van der Waals surface area contributed by atoms with Crippen LogP contribution in [0.5, 0.6) is 5.75 Å². The maximum Gasteiger partial charge on any atom is 0.250 e. The Morgan fingerprint density at radius 1 is 1.27 bits per heavy atom. The van der Waals surface area contributed by atoms with Crippen LogP contribution in [-0.4, -0.2) is 38.7 Å². The van der Waals surface area contributed by atoms with Crippen LogP contribution >= 0.6 is 0 Å². The second-order valence-corrected chi connectivity index (χ2v) is 4.49. The number of H-pyrrole nitrogens is 1. The first-order valence-corrected chi connectivity index (χ1v) is 6.53. The smallest absolute Gasteiger partial charge is 0.250 e. The van der Waals surface area contributed by atoms with E-state index in [9.17, 15) is 14.7 Å². The van der Waals surface area contributed by atoms with E-state index in [0.29, 0.717) is 0 Å². The summed E-state index contributed by atoms with van der Waals surface area (Å²) in [6.07, 6.45) is 4.85. The molecular weight excluding hydrogens is 286 g/mol. The Bertz CT molecular complexity index is 689. The molecule has 7 nitrogen and oxygen atoms in total. The number of nitrogens with one attached hydrogen (secondary N) is 2. The Kier molecular flexibility index (Phi) is 5.05. The highest BCUT2D eigenvalue weighted by molar-refractivity contribution is 6.04. The largest absolute Gasteiger partial charge is 0.508 e. The van der Waals surface area contributed by atoms with E-state index in [-0.39, 0.29) is 29.3 Å². The summed E-state index contributed by atoms with van der Waals surface area (Å²) < 4.78 is 0. The van der Waals surface area contributed by atoms with Crippen molar-refractivity contribution in [2.24, 2.45) is 0 Å². The van der Waals surface area contributed by atoms with E-state index < -0.39 is 12.5 Å². The van der Waals surface area contributed by atoms with E-state index >= 15 is 0 Å². The third-order valence-electron chi connectivity index (χ3n) is 2.84. The molecule has 0 unspecified atom stereocenters. The first-order valence-electron chi connectivity index (χ1n) is 6.53. The molecule has 0 aliphatic carbocycles. The highest BCUT2D eigenvalue weighted by Crippen LogP contribution is 2.15. The van der Waals surface area contributed by atoms with E-state index in [2.05, 4.69) is 15.5 Å². The molecule has 0 fully saturated rings. The molecule has 0 saturated carbocycles. The quantitative estimate of drug-likeness (QED) is 0.601. The molecule has 2 rings (SSSR count). The number of carbonyl (C=O) groups excluding carboxylic acids is 2. The average molecular weight is 301 g/mol. The van der Waals surface area contributed by atoms with Crippen molar-refractivity contribution in [1.29, 1.82) is 0 Å². The Morgan fingerprint density at radius 2 is 2.00 bits per heavy atom. The van der Waals surface area contributed by atoms with Crippen molar-refractivity contribution >= 4 is 23.5 Å². The molecule has 4 N–H and O–H groups in total. The summed E-state index contributed by atoms with van der Waals surface area (Å²) in [6.45, 7) is -0.667. The Labute approximate surface area is 126 Å². The first kappa shape index (κ1) is 15.5. The van der Waals surface area contributed by atoms with Crippen LogP contribution in [0.1, 0.15) is 22.5 Å². The van der Waals surface area contributed by atoms with Gasteiger partial charge >= 0.3 is 0 Å². The zero-order valence-corrected chi connectivity index (χ0v) is 11.6. The minimum atomic E-state index is -0.667. The van der Waals surface area contributed by atoms with Gasteiger partial charge in [-0.25, -0.2) is 0 Å². The number of aliphatic hydroxyl groups excluding tert-OH is 1. The number of nitrogens with zero attached hydrogens (tertiary/aromatic N) is 1. The van der Waals surface area contributed by atoms with Crippen LogP contribution in [0.25, 0.3) is 6.08 Å². The second kappa shape index (κ2) is 7.19. The maximum absolute atomic E-state index is 12.1. The summed E-state index contributed by atoms with van der Waals surface area (Å²) in [7, 11) is 0. The summed E-state index contributed by atoms with van der Waals surface area (Å²) in [5.41, 5.74) is 1.27. The molecule has 1 aromatic heterocycles. The van der Waals surface area contributed by atoms with Gasteiger partial charge in [0.25, 0.3) is 0 Å². The van der Waals surface area contributed by atoms with Crippen LogP contribution in [0.15, 0.2) is 36.5 Å². The zero-order chi connectivity index (χ0) is 15.9. The van der Waals surface area contributed by atoms with Crippen molar-refractivity contribution in [2.75, 3.05) is 11.9 Å². The number of benzene rings is 1. The number of allylic oxidation sites excluding steroid dienone is 1. The number of rotatable bonds is 6. The predicted octanol–water partition coefficient (Wildman–Crippen LogP) is 1.33. The fourth-order valence-electron chi connectivity index (χ4n) is 1.77. The normalized spacial score (nSPS) is 10.8. The lowest BCUT2D eigenvalue weighted by Gasteiger charge is -2.02. The minimum absolute atomic E-state index is 0.116. The lowest BCUT2D eigenvalue weighted by atomic mass is 10.1. The molecule has 2 aromatic rings. The molecule has 0 radical (unpaired) electrons. The van der Waals surface area contributed by atoms with Crippen molar-refractivity contribution in [3.63, 3.8) is 0 Å². The van der Waals surface area contributed by atoms with E-state index in [1.54, 1.807) is 36.4 Å². The average Bonchev–Trinajstić information content (AvgIpc) is 2.97. The molecule has 7 heteroatoms. The van der Waals surface area contributed by atoms with Crippen molar-refractivity contribution in [1.82, 2.24) is 10.2 Å². The van der Waals surface area contributed by atoms with E-state index in [0.717, 1.165) is 5.56 Å². The van der Waals surface area contributed by atoms with E-state index in [1.807, 2.05) is 0 Å². The Balaban J connectivity index is 1.99. The van der Waals surface area contributed by atoms with Gasteiger partial charge in [-0.15, -0.1) is 0 Å². The van der Waals surface area contributed by atoms with Crippen LogP contribution in [0.3, 0.4) is 0 Å². The zero-order valence-electron chi connectivity index (χ0n) is 11.6. The number of anilines is 1. The molecule has 114 valence electrons. The lowest BCUT2D eigenvalue weighted by Crippen LogP contribution is -2.17. The minimum Gasteiger partial charge on any atom is -0.508 e. The highest BCUT2D eigenvalue weighted by Gasteiger charge is 2.14. The molecule has 0 atom stereocenters. The SMILES string of the molecule is O=C(CO)Nc1cn[nH]c1C(=O)C/C=C/c1ccc(O)cc1. The third-order valence-corrected chi connectivity index (χ3v) is 2.84. The lowest BCUT2D eigenvalue weighted by molar-refractivity contribution is -0.118. The number of amides is 1. The van der Waals surface area contributed by atoms with Gasteiger partial charge in [0.15, 0.2) is 5.78 Å². The van der Waals surface area contributed by atoms with Crippen molar-refractivity contribution in [2.45, 2.75) is 6.42 Å². The highest BCUT2D eigenvalue weighted by atomic mass is 16.3. The molecule has 0 aliphatic heterocycles. The standard InChI is InChI=1S/C15H15N3O4/c19-9-14(22)17-12-8-16-18-15(12)13(21)3-1-2-10-4-6-11(20)7-5-10/h1-2,4-8,19-20H,3,9H2,(H,16,18)(H,17,22)/b2-1+. The topological polar surface area (TPSA) is 115 Å². The van der Waals surface area contributed by atoms with Crippen LogP contribution in [0, 0.1) is 0 Å². The summed E-state index contributed by atoms with van der Waals surface area (Å²) in [6, 6.07) is 6.55. The van der Waals surface area contributed by atoms with Gasteiger partial charge in [0.2, 0.25) is 5.91 Å². The number of hydrogen-bond acceptors (Lipinski definition) is 5. The van der Waals surface area contributed by atoms with Crippen molar-refractivity contribution < 1.29 is 19.8 Å². The number of aromatic nitrogens is 2. The third kappa shape index (κ3) is 4.03. The van der Waals surface area contributed by atoms with Crippen LogP contribution < -0.4 is 5.32 Å². The summed E-state index contributed by atoms with van der Waals surface area (Å²) >= 11 is 0. The number of phenolic OH excluding ortho intramolecular Hbond substituents is 1.